The topological polar surface area (TPSA) is 22.1 Å². The lowest BCUT2D eigenvalue weighted by Crippen LogP contribution is -1.92. The molecule has 0 bridgehead atoms. The minimum absolute atomic E-state index is 0.610. The van der Waals surface area contributed by atoms with Gasteiger partial charge in [-0.25, -0.2) is 4.98 Å². The van der Waals surface area contributed by atoms with Crippen molar-refractivity contribution in [1.29, 1.82) is 0 Å². The summed E-state index contributed by atoms with van der Waals surface area (Å²) >= 11 is 1.79. The molecule has 0 atom stereocenters. The molecule has 3 aromatic rings. The van der Waals surface area contributed by atoms with Crippen molar-refractivity contribution in [2.75, 3.05) is 6.61 Å². The zero-order chi connectivity index (χ0) is 17.5. The van der Waals surface area contributed by atoms with Crippen molar-refractivity contribution in [3.8, 4) is 27.4 Å². The number of rotatable bonds is 7. The van der Waals surface area contributed by atoms with Gasteiger partial charge in [0.1, 0.15) is 17.4 Å². The lowest BCUT2D eigenvalue weighted by atomic mass is 10.0. The highest BCUT2D eigenvalue weighted by Crippen LogP contribution is 2.29. The van der Waals surface area contributed by atoms with Crippen LogP contribution in [0.3, 0.4) is 0 Å². The number of hydrogen-bond acceptors (Lipinski definition) is 3. The van der Waals surface area contributed by atoms with Gasteiger partial charge in [0.25, 0.3) is 0 Å². The Hall–Kier alpha value is -2.39. The van der Waals surface area contributed by atoms with Crippen LogP contribution in [0.4, 0.5) is 0 Å². The highest BCUT2D eigenvalue weighted by Gasteiger charge is 2.05. The number of aromatic nitrogens is 1. The molecule has 0 aliphatic heterocycles. The first-order chi connectivity index (χ1) is 12.3. The molecule has 0 N–H and O–H groups in total. The molecule has 0 unspecified atom stereocenters. The fourth-order valence-corrected chi connectivity index (χ4v) is 3.61. The summed E-state index contributed by atoms with van der Waals surface area (Å²) in [6, 6.07) is 16.9. The third kappa shape index (κ3) is 4.58. The molecule has 3 rings (SSSR count). The zero-order valence-corrected chi connectivity index (χ0v) is 15.6. The van der Waals surface area contributed by atoms with Gasteiger partial charge in [-0.2, -0.15) is 0 Å². The molecular formula is C22H23NOS. The Kier molecular flexibility index (Phi) is 6.02. The molecule has 0 amide bonds. The lowest BCUT2D eigenvalue weighted by Gasteiger charge is -2.06. The number of aryl methyl sites for hydroxylation is 1. The zero-order valence-electron chi connectivity index (χ0n) is 14.7. The minimum Gasteiger partial charge on any atom is -0.490 e. The molecule has 0 radical (unpaired) electrons. The fraction of sp³-hybridized carbons (Fsp3) is 0.227. The summed E-state index contributed by atoms with van der Waals surface area (Å²) < 4.78 is 5.64. The predicted molar refractivity (Wildman–Crippen MR) is 107 cm³/mol. The van der Waals surface area contributed by atoms with Crippen LogP contribution in [0.15, 0.2) is 66.9 Å². The van der Waals surface area contributed by atoms with Crippen molar-refractivity contribution >= 4 is 11.3 Å². The Morgan fingerprint density at radius 1 is 0.960 bits per heavy atom. The van der Waals surface area contributed by atoms with E-state index in [-0.39, 0.29) is 0 Å². The summed E-state index contributed by atoms with van der Waals surface area (Å²) in [6.07, 6.45) is 8.26. The van der Waals surface area contributed by atoms with Gasteiger partial charge in [0.05, 0.1) is 0 Å². The summed E-state index contributed by atoms with van der Waals surface area (Å²) in [7, 11) is 0. The van der Waals surface area contributed by atoms with Crippen LogP contribution in [0.25, 0.3) is 21.7 Å². The van der Waals surface area contributed by atoms with Gasteiger partial charge in [0, 0.05) is 16.6 Å². The molecule has 0 saturated carbocycles. The number of benzene rings is 2. The van der Waals surface area contributed by atoms with Crippen LogP contribution >= 0.6 is 11.3 Å². The van der Waals surface area contributed by atoms with Crippen LogP contribution in [-0.2, 0) is 6.42 Å². The number of hydrogen-bond donors (Lipinski definition) is 0. The molecule has 0 aliphatic rings. The van der Waals surface area contributed by atoms with E-state index in [4.69, 9.17) is 4.74 Å². The Labute approximate surface area is 153 Å². The molecule has 0 fully saturated rings. The minimum atomic E-state index is 0.610. The van der Waals surface area contributed by atoms with E-state index >= 15 is 0 Å². The van der Waals surface area contributed by atoms with Gasteiger partial charge in [0.15, 0.2) is 0 Å². The Bertz CT molecular complexity index is 816. The Morgan fingerprint density at radius 3 is 2.24 bits per heavy atom. The van der Waals surface area contributed by atoms with E-state index in [1.165, 1.54) is 21.6 Å². The van der Waals surface area contributed by atoms with Crippen LogP contribution in [0.1, 0.15) is 25.1 Å². The van der Waals surface area contributed by atoms with Crippen LogP contribution < -0.4 is 4.74 Å². The molecule has 2 aromatic carbocycles. The van der Waals surface area contributed by atoms with E-state index in [1.54, 1.807) is 11.3 Å². The van der Waals surface area contributed by atoms with E-state index in [0.29, 0.717) is 6.61 Å². The average molecular weight is 349 g/mol. The monoisotopic (exact) mass is 349 g/mol. The van der Waals surface area contributed by atoms with E-state index in [2.05, 4.69) is 48.3 Å². The molecule has 0 spiro atoms. The van der Waals surface area contributed by atoms with E-state index in [9.17, 15) is 0 Å². The second-order valence-corrected chi connectivity index (χ2v) is 6.98. The van der Waals surface area contributed by atoms with Gasteiger partial charge < -0.3 is 4.74 Å². The number of nitrogens with zero attached hydrogens (tertiary/aromatic N) is 1. The molecule has 0 saturated heterocycles. The fourth-order valence-electron chi connectivity index (χ4n) is 2.59. The first-order valence-corrected chi connectivity index (χ1v) is 9.51. The second kappa shape index (κ2) is 8.63. The normalized spacial score (nSPS) is 11.1. The molecule has 0 aliphatic carbocycles. The van der Waals surface area contributed by atoms with Crippen molar-refractivity contribution < 1.29 is 4.74 Å². The predicted octanol–water partition coefficient (Wildman–Crippen LogP) is 6.38. The molecule has 128 valence electrons. The molecule has 25 heavy (non-hydrogen) atoms. The van der Waals surface area contributed by atoms with Crippen LogP contribution in [0.2, 0.25) is 0 Å². The highest BCUT2D eigenvalue weighted by atomic mass is 32.1. The Morgan fingerprint density at radius 2 is 1.60 bits per heavy atom. The highest BCUT2D eigenvalue weighted by molar-refractivity contribution is 7.15. The van der Waals surface area contributed by atoms with Crippen molar-refractivity contribution in [3.63, 3.8) is 0 Å². The maximum Gasteiger partial charge on any atom is 0.123 e. The van der Waals surface area contributed by atoms with E-state index in [0.717, 1.165) is 23.6 Å². The molecule has 2 nitrogen and oxygen atoms in total. The van der Waals surface area contributed by atoms with Crippen molar-refractivity contribution in [1.82, 2.24) is 4.98 Å². The third-order valence-electron chi connectivity index (χ3n) is 3.95. The van der Waals surface area contributed by atoms with Crippen LogP contribution in [0, 0.1) is 0 Å². The molecule has 3 heteroatoms. The maximum absolute atomic E-state index is 5.64. The first-order valence-electron chi connectivity index (χ1n) is 8.69. The lowest BCUT2D eigenvalue weighted by molar-refractivity contribution is 0.363. The Balaban J connectivity index is 1.71. The maximum atomic E-state index is 5.64. The first kappa shape index (κ1) is 17.4. The number of allylic oxidation sites excluding steroid dienone is 1. The van der Waals surface area contributed by atoms with Gasteiger partial charge in [0.2, 0.25) is 0 Å². The van der Waals surface area contributed by atoms with Gasteiger partial charge >= 0.3 is 0 Å². The largest absolute Gasteiger partial charge is 0.490 e. The molecular weight excluding hydrogens is 326 g/mol. The van der Waals surface area contributed by atoms with Gasteiger partial charge in [-0.05, 0) is 36.6 Å². The van der Waals surface area contributed by atoms with Crippen molar-refractivity contribution in [2.45, 2.75) is 26.7 Å². The average Bonchev–Trinajstić information content (AvgIpc) is 3.12. The summed E-state index contributed by atoms with van der Waals surface area (Å²) in [5.74, 6) is 0.893. The van der Waals surface area contributed by atoms with Gasteiger partial charge in [-0.3, -0.25) is 0 Å². The van der Waals surface area contributed by atoms with E-state index in [1.807, 2.05) is 37.4 Å². The van der Waals surface area contributed by atoms with Gasteiger partial charge in [-0.1, -0.05) is 61.9 Å². The summed E-state index contributed by atoms with van der Waals surface area (Å²) in [5.41, 5.74) is 3.58. The quantitative estimate of drug-likeness (QED) is 0.461. The number of ether oxygens (including phenoxy) is 1. The summed E-state index contributed by atoms with van der Waals surface area (Å²) in [6.45, 7) is 4.80. The summed E-state index contributed by atoms with van der Waals surface area (Å²) in [5, 5.41) is 1.10. The number of thiazole rings is 1. The second-order valence-electron chi connectivity index (χ2n) is 5.86. The van der Waals surface area contributed by atoms with Gasteiger partial charge in [-0.15, -0.1) is 11.3 Å². The molecule has 1 aromatic heterocycles. The smallest absolute Gasteiger partial charge is 0.123 e. The van der Waals surface area contributed by atoms with Crippen molar-refractivity contribution in [3.05, 3.63) is 71.8 Å². The van der Waals surface area contributed by atoms with Crippen LogP contribution in [0.5, 0.6) is 5.75 Å². The van der Waals surface area contributed by atoms with Crippen molar-refractivity contribution in [2.24, 2.45) is 0 Å². The summed E-state index contributed by atoms with van der Waals surface area (Å²) in [4.78, 5) is 5.91. The molecule has 1 heterocycles. The third-order valence-corrected chi connectivity index (χ3v) is 5.06. The van der Waals surface area contributed by atoms with Crippen LogP contribution in [-0.4, -0.2) is 11.6 Å². The SMILES string of the molecule is C/C=C/COc1ccc(-c2ccc(-c3ncc(CCC)s3)cc2)cc1. The standard InChI is InChI=1S/C22H23NOS/c1-3-5-15-24-20-13-11-18(12-14-20)17-7-9-19(10-8-17)22-23-16-21(25-22)6-4-2/h3,5,7-14,16H,4,6,15H2,1-2H3/b5-3+. The van der Waals surface area contributed by atoms with E-state index < -0.39 is 0 Å².